The first kappa shape index (κ1) is 20.4. The van der Waals surface area contributed by atoms with E-state index < -0.39 is 10.8 Å². The topological polar surface area (TPSA) is 101 Å². The minimum absolute atomic E-state index is 0.00411. The number of nitro groups is 1. The lowest BCUT2D eigenvalue weighted by molar-refractivity contribution is -0.384. The Morgan fingerprint density at radius 3 is 2.19 bits per heavy atom. The van der Waals surface area contributed by atoms with E-state index in [0.717, 1.165) is 12.8 Å². The first-order chi connectivity index (χ1) is 12.8. The lowest BCUT2D eigenvalue weighted by Gasteiger charge is -2.13. The number of benzene rings is 2. The number of nitrogens with zero attached hydrogens (tertiary/aromatic N) is 1. The van der Waals surface area contributed by atoms with E-state index in [1.165, 1.54) is 18.2 Å². The molecule has 0 aromatic heterocycles. The van der Waals surface area contributed by atoms with Gasteiger partial charge in [-0.05, 0) is 49.2 Å². The summed E-state index contributed by atoms with van der Waals surface area (Å²) in [7, 11) is 0. The lowest BCUT2D eigenvalue weighted by Crippen LogP contribution is -2.21. The smallest absolute Gasteiger partial charge is 0.289 e. The van der Waals surface area contributed by atoms with Gasteiger partial charge in [0.1, 0.15) is 5.02 Å². The standard InChI is InChI=1S/C19H20ClN3O4/c1-3-12(4-2)18(24)21-14-7-5-13(6-8-14)19(25)22-15-9-10-16(20)17(11-15)23(26)27/h5-12H,3-4H2,1-2H3,(H,21,24)(H,22,25). The Balaban J connectivity index is 2.07. The Labute approximate surface area is 161 Å². The minimum atomic E-state index is -0.616. The molecule has 0 fully saturated rings. The highest BCUT2D eigenvalue weighted by Gasteiger charge is 2.16. The molecular weight excluding hydrogens is 370 g/mol. The second-order valence-corrected chi connectivity index (χ2v) is 6.36. The second kappa shape index (κ2) is 9.14. The molecule has 8 heteroatoms. The van der Waals surface area contributed by atoms with Crippen molar-refractivity contribution in [2.75, 3.05) is 10.6 Å². The number of hydrogen-bond donors (Lipinski definition) is 2. The van der Waals surface area contributed by atoms with E-state index in [1.807, 2.05) is 13.8 Å². The van der Waals surface area contributed by atoms with E-state index in [9.17, 15) is 19.7 Å². The summed E-state index contributed by atoms with van der Waals surface area (Å²) in [4.78, 5) is 34.7. The predicted octanol–water partition coefficient (Wildman–Crippen LogP) is 4.88. The maximum absolute atomic E-state index is 12.3. The van der Waals surface area contributed by atoms with Crippen LogP contribution >= 0.6 is 11.6 Å². The maximum atomic E-state index is 12.3. The fraction of sp³-hybridized carbons (Fsp3) is 0.263. The van der Waals surface area contributed by atoms with E-state index in [0.29, 0.717) is 11.3 Å². The zero-order chi connectivity index (χ0) is 20.0. The van der Waals surface area contributed by atoms with Crippen LogP contribution in [0.15, 0.2) is 42.5 Å². The SMILES string of the molecule is CCC(CC)C(=O)Nc1ccc(C(=O)Nc2ccc(Cl)c([N+](=O)[O-])c2)cc1. The summed E-state index contributed by atoms with van der Waals surface area (Å²) in [6.45, 7) is 3.92. The normalized spacial score (nSPS) is 10.5. The molecule has 2 aromatic rings. The third-order valence-corrected chi connectivity index (χ3v) is 4.49. The minimum Gasteiger partial charge on any atom is -0.326 e. The molecule has 0 bridgehead atoms. The van der Waals surface area contributed by atoms with Crippen molar-refractivity contribution in [2.45, 2.75) is 26.7 Å². The Bertz CT molecular complexity index is 849. The molecule has 0 aliphatic heterocycles. The second-order valence-electron chi connectivity index (χ2n) is 5.96. The van der Waals surface area contributed by atoms with Gasteiger partial charge in [0.15, 0.2) is 0 Å². The van der Waals surface area contributed by atoms with E-state index in [2.05, 4.69) is 10.6 Å². The molecule has 0 saturated carbocycles. The quantitative estimate of drug-likeness (QED) is 0.520. The van der Waals surface area contributed by atoms with Gasteiger partial charge in [-0.2, -0.15) is 0 Å². The van der Waals surface area contributed by atoms with Gasteiger partial charge in [0.2, 0.25) is 5.91 Å². The van der Waals surface area contributed by atoms with Crippen molar-refractivity contribution in [2.24, 2.45) is 5.92 Å². The van der Waals surface area contributed by atoms with Crippen LogP contribution in [0.5, 0.6) is 0 Å². The van der Waals surface area contributed by atoms with Crippen LogP contribution in [-0.2, 0) is 4.79 Å². The van der Waals surface area contributed by atoms with Crippen molar-refractivity contribution in [3.63, 3.8) is 0 Å². The Morgan fingerprint density at radius 2 is 1.63 bits per heavy atom. The highest BCUT2D eigenvalue weighted by Crippen LogP contribution is 2.27. The fourth-order valence-corrected chi connectivity index (χ4v) is 2.73. The van der Waals surface area contributed by atoms with Crippen molar-refractivity contribution in [3.05, 3.63) is 63.2 Å². The van der Waals surface area contributed by atoms with Gasteiger partial charge in [-0.3, -0.25) is 19.7 Å². The molecule has 0 aliphatic rings. The van der Waals surface area contributed by atoms with Gasteiger partial charge in [-0.15, -0.1) is 0 Å². The summed E-state index contributed by atoms with van der Waals surface area (Å²) in [6, 6.07) is 10.5. The number of halogens is 1. The van der Waals surface area contributed by atoms with Gasteiger partial charge >= 0.3 is 0 Å². The monoisotopic (exact) mass is 389 g/mol. The van der Waals surface area contributed by atoms with Gasteiger partial charge in [0, 0.05) is 28.9 Å². The van der Waals surface area contributed by atoms with Crippen LogP contribution in [0.2, 0.25) is 5.02 Å². The van der Waals surface area contributed by atoms with Crippen molar-refractivity contribution in [3.8, 4) is 0 Å². The summed E-state index contributed by atoms with van der Waals surface area (Å²) >= 11 is 5.76. The van der Waals surface area contributed by atoms with Gasteiger partial charge in [0.05, 0.1) is 4.92 Å². The van der Waals surface area contributed by atoms with Crippen LogP contribution in [0.25, 0.3) is 0 Å². The van der Waals surface area contributed by atoms with Gasteiger partial charge in [0.25, 0.3) is 11.6 Å². The van der Waals surface area contributed by atoms with Crippen molar-refractivity contribution < 1.29 is 14.5 Å². The van der Waals surface area contributed by atoms with Crippen LogP contribution < -0.4 is 10.6 Å². The number of amides is 2. The average molecular weight is 390 g/mol. The lowest BCUT2D eigenvalue weighted by atomic mass is 10.0. The summed E-state index contributed by atoms with van der Waals surface area (Å²) in [5.74, 6) is -0.524. The molecule has 27 heavy (non-hydrogen) atoms. The van der Waals surface area contributed by atoms with Crippen LogP contribution in [0.3, 0.4) is 0 Å². The zero-order valence-electron chi connectivity index (χ0n) is 15.0. The first-order valence-corrected chi connectivity index (χ1v) is 8.89. The molecular formula is C19H20ClN3O4. The van der Waals surface area contributed by atoms with Crippen LogP contribution in [0.1, 0.15) is 37.0 Å². The first-order valence-electron chi connectivity index (χ1n) is 8.51. The largest absolute Gasteiger partial charge is 0.326 e. The summed E-state index contributed by atoms with van der Waals surface area (Å²) < 4.78 is 0. The number of hydrogen-bond acceptors (Lipinski definition) is 4. The van der Waals surface area contributed by atoms with E-state index in [1.54, 1.807) is 24.3 Å². The molecule has 2 rings (SSSR count). The molecule has 0 heterocycles. The molecule has 0 aliphatic carbocycles. The van der Waals surface area contributed by atoms with Crippen molar-refractivity contribution >= 4 is 40.5 Å². The van der Waals surface area contributed by atoms with Crippen molar-refractivity contribution in [1.29, 1.82) is 0 Å². The van der Waals surface area contributed by atoms with E-state index in [-0.39, 0.29) is 28.2 Å². The third kappa shape index (κ3) is 5.27. The number of rotatable bonds is 7. The highest BCUT2D eigenvalue weighted by atomic mass is 35.5. The number of carbonyl (C=O) groups excluding carboxylic acids is 2. The zero-order valence-corrected chi connectivity index (χ0v) is 15.7. The molecule has 2 N–H and O–H groups in total. The van der Waals surface area contributed by atoms with Crippen LogP contribution in [0.4, 0.5) is 17.1 Å². The van der Waals surface area contributed by atoms with Gasteiger partial charge in [-0.25, -0.2) is 0 Å². The number of carbonyl (C=O) groups is 2. The van der Waals surface area contributed by atoms with Crippen LogP contribution in [0, 0.1) is 16.0 Å². The van der Waals surface area contributed by atoms with E-state index >= 15 is 0 Å². The summed E-state index contributed by atoms with van der Waals surface area (Å²) in [6.07, 6.45) is 1.52. The number of anilines is 2. The van der Waals surface area contributed by atoms with Gasteiger partial charge < -0.3 is 10.6 Å². The molecule has 0 saturated heterocycles. The molecule has 0 radical (unpaired) electrons. The molecule has 142 valence electrons. The number of nitrogens with one attached hydrogen (secondary N) is 2. The Kier molecular flexibility index (Phi) is 6.90. The average Bonchev–Trinajstić information content (AvgIpc) is 2.64. The molecule has 0 spiro atoms. The Morgan fingerprint density at radius 1 is 1.04 bits per heavy atom. The van der Waals surface area contributed by atoms with Crippen LogP contribution in [-0.4, -0.2) is 16.7 Å². The molecule has 7 nitrogen and oxygen atoms in total. The molecule has 0 atom stereocenters. The molecule has 0 unspecified atom stereocenters. The highest BCUT2D eigenvalue weighted by molar-refractivity contribution is 6.32. The summed E-state index contributed by atoms with van der Waals surface area (Å²) in [5, 5.41) is 16.3. The third-order valence-electron chi connectivity index (χ3n) is 4.17. The van der Waals surface area contributed by atoms with E-state index in [4.69, 9.17) is 11.6 Å². The Hall–Kier alpha value is -2.93. The molecule has 2 aromatic carbocycles. The predicted molar refractivity (Wildman–Crippen MR) is 105 cm³/mol. The van der Waals surface area contributed by atoms with Crippen molar-refractivity contribution in [1.82, 2.24) is 0 Å². The maximum Gasteiger partial charge on any atom is 0.289 e. The summed E-state index contributed by atoms with van der Waals surface area (Å²) in [5.41, 5.74) is 0.940. The number of nitro benzene ring substituents is 1. The molecule has 2 amide bonds. The van der Waals surface area contributed by atoms with Gasteiger partial charge in [-0.1, -0.05) is 25.4 Å². The fourth-order valence-electron chi connectivity index (χ4n) is 2.54.